The second-order valence-electron chi connectivity index (χ2n) is 5.82. The number of rotatable bonds is 4. The topological polar surface area (TPSA) is 75.4 Å². The van der Waals surface area contributed by atoms with Crippen molar-refractivity contribution in [2.75, 3.05) is 39.0 Å². The molecule has 0 N–H and O–H groups in total. The molecule has 0 radical (unpaired) electrons. The maximum atomic E-state index is 12.5. The lowest BCUT2D eigenvalue weighted by atomic mass is 10.3. The van der Waals surface area contributed by atoms with Crippen molar-refractivity contribution in [1.82, 2.24) is 24.9 Å². The molecule has 0 atom stereocenters. The van der Waals surface area contributed by atoms with Gasteiger partial charge in [-0.2, -0.15) is 4.98 Å². The van der Waals surface area contributed by atoms with Gasteiger partial charge in [0.05, 0.1) is 11.3 Å². The van der Waals surface area contributed by atoms with Crippen LogP contribution in [0.5, 0.6) is 0 Å². The van der Waals surface area contributed by atoms with E-state index in [2.05, 4.69) is 27.1 Å². The molecule has 0 aliphatic carbocycles. The van der Waals surface area contributed by atoms with E-state index in [9.17, 15) is 4.79 Å². The van der Waals surface area contributed by atoms with Gasteiger partial charge in [0.2, 0.25) is 17.6 Å². The Labute approximate surface area is 145 Å². The fourth-order valence-electron chi connectivity index (χ4n) is 2.60. The van der Waals surface area contributed by atoms with Crippen molar-refractivity contribution in [3.63, 3.8) is 0 Å². The summed E-state index contributed by atoms with van der Waals surface area (Å²) in [5.74, 6) is 1.53. The van der Waals surface area contributed by atoms with Crippen molar-refractivity contribution in [3.05, 3.63) is 24.2 Å². The molecule has 1 fully saturated rings. The van der Waals surface area contributed by atoms with Crippen LogP contribution in [0.25, 0.3) is 11.4 Å². The van der Waals surface area contributed by atoms with Gasteiger partial charge in [0.25, 0.3) is 0 Å². The highest BCUT2D eigenvalue weighted by atomic mass is 32.2. The first kappa shape index (κ1) is 16.9. The molecule has 24 heavy (non-hydrogen) atoms. The third-order valence-corrected chi connectivity index (χ3v) is 4.93. The van der Waals surface area contributed by atoms with E-state index < -0.39 is 0 Å². The van der Waals surface area contributed by atoms with Crippen LogP contribution in [0.15, 0.2) is 27.9 Å². The lowest BCUT2D eigenvalue weighted by molar-refractivity contribution is -0.128. The van der Waals surface area contributed by atoms with Gasteiger partial charge in [0.15, 0.2) is 0 Å². The van der Waals surface area contributed by atoms with Crippen molar-refractivity contribution in [2.45, 2.75) is 18.4 Å². The standard InChI is InChI=1S/C16H21N5O2S/c1-12-18-15(19-23-12)13-5-3-6-17-16(13)24-11-14(22)21-8-4-7-20(2)9-10-21/h3,5-6H,4,7-11H2,1-2H3. The molecule has 3 heterocycles. The van der Waals surface area contributed by atoms with E-state index in [1.165, 1.54) is 11.8 Å². The molecule has 0 aromatic carbocycles. The van der Waals surface area contributed by atoms with E-state index in [0.717, 1.165) is 43.2 Å². The predicted octanol–water partition coefficient (Wildman–Crippen LogP) is 1.70. The highest BCUT2D eigenvalue weighted by Crippen LogP contribution is 2.27. The monoisotopic (exact) mass is 347 g/mol. The summed E-state index contributed by atoms with van der Waals surface area (Å²) in [5.41, 5.74) is 0.794. The molecule has 0 spiro atoms. The summed E-state index contributed by atoms with van der Waals surface area (Å²) >= 11 is 1.42. The molecule has 0 unspecified atom stereocenters. The number of hydrogen-bond donors (Lipinski definition) is 0. The van der Waals surface area contributed by atoms with Gasteiger partial charge in [-0.3, -0.25) is 4.79 Å². The second kappa shape index (κ2) is 7.76. The maximum absolute atomic E-state index is 12.5. The summed E-state index contributed by atoms with van der Waals surface area (Å²) in [6, 6.07) is 3.72. The minimum absolute atomic E-state index is 0.149. The second-order valence-corrected chi connectivity index (χ2v) is 6.78. The zero-order valence-corrected chi connectivity index (χ0v) is 14.8. The van der Waals surface area contributed by atoms with Gasteiger partial charge in [0, 0.05) is 32.8 Å². The van der Waals surface area contributed by atoms with Crippen LogP contribution in [0.4, 0.5) is 0 Å². The predicted molar refractivity (Wildman–Crippen MR) is 91.7 cm³/mol. The molecular formula is C16H21N5O2S. The van der Waals surface area contributed by atoms with Crippen LogP contribution in [-0.4, -0.2) is 69.8 Å². The Morgan fingerprint density at radius 3 is 3.00 bits per heavy atom. The molecule has 1 saturated heterocycles. The Kier molecular flexibility index (Phi) is 5.47. The van der Waals surface area contributed by atoms with Crippen molar-refractivity contribution < 1.29 is 9.32 Å². The van der Waals surface area contributed by atoms with Gasteiger partial charge in [0.1, 0.15) is 5.03 Å². The number of aryl methyl sites for hydroxylation is 1. The van der Waals surface area contributed by atoms with Crippen LogP contribution in [0, 0.1) is 6.92 Å². The Hall–Kier alpha value is -1.93. The molecule has 2 aromatic heterocycles. The molecule has 7 nitrogen and oxygen atoms in total. The van der Waals surface area contributed by atoms with Crippen LogP contribution in [0.3, 0.4) is 0 Å². The number of aromatic nitrogens is 3. The molecule has 0 saturated carbocycles. The molecule has 1 amide bonds. The van der Waals surface area contributed by atoms with E-state index in [1.807, 2.05) is 17.0 Å². The van der Waals surface area contributed by atoms with Gasteiger partial charge < -0.3 is 14.3 Å². The molecule has 128 valence electrons. The third kappa shape index (κ3) is 4.12. The Morgan fingerprint density at radius 1 is 1.33 bits per heavy atom. The Morgan fingerprint density at radius 2 is 2.21 bits per heavy atom. The minimum Gasteiger partial charge on any atom is -0.341 e. The molecule has 1 aliphatic heterocycles. The maximum Gasteiger partial charge on any atom is 0.233 e. The fourth-order valence-corrected chi connectivity index (χ4v) is 3.49. The first-order valence-electron chi connectivity index (χ1n) is 7.98. The Balaban J connectivity index is 1.65. The molecule has 8 heteroatoms. The number of carbonyl (C=O) groups is 1. The zero-order valence-electron chi connectivity index (χ0n) is 13.9. The normalized spacial score (nSPS) is 16.2. The number of thioether (sulfide) groups is 1. The van der Waals surface area contributed by atoms with E-state index in [1.54, 1.807) is 13.1 Å². The van der Waals surface area contributed by atoms with Gasteiger partial charge in [-0.1, -0.05) is 16.9 Å². The third-order valence-electron chi connectivity index (χ3n) is 3.94. The highest BCUT2D eigenvalue weighted by Gasteiger charge is 2.19. The molecule has 2 aromatic rings. The lowest BCUT2D eigenvalue weighted by Gasteiger charge is -2.20. The molecule has 3 rings (SSSR count). The number of carbonyl (C=O) groups excluding carboxylic acids is 1. The van der Waals surface area contributed by atoms with Gasteiger partial charge in [-0.05, 0) is 32.1 Å². The quantitative estimate of drug-likeness (QED) is 0.779. The number of amides is 1. The van der Waals surface area contributed by atoms with Crippen molar-refractivity contribution in [2.24, 2.45) is 0 Å². The van der Waals surface area contributed by atoms with Gasteiger partial charge in [-0.15, -0.1) is 0 Å². The molecule has 1 aliphatic rings. The first-order chi connectivity index (χ1) is 11.6. The number of pyridine rings is 1. The van der Waals surface area contributed by atoms with Crippen LogP contribution < -0.4 is 0 Å². The summed E-state index contributed by atoms with van der Waals surface area (Å²) in [6.45, 7) is 5.32. The van der Waals surface area contributed by atoms with Crippen LogP contribution in [-0.2, 0) is 4.79 Å². The van der Waals surface area contributed by atoms with E-state index in [4.69, 9.17) is 4.52 Å². The summed E-state index contributed by atoms with van der Waals surface area (Å²) in [4.78, 5) is 25.3. The molecule has 0 bridgehead atoms. The number of hydrogen-bond acceptors (Lipinski definition) is 7. The highest BCUT2D eigenvalue weighted by molar-refractivity contribution is 8.00. The average molecular weight is 347 g/mol. The zero-order chi connectivity index (χ0) is 16.9. The average Bonchev–Trinajstić information content (AvgIpc) is 2.90. The van der Waals surface area contributed by atoms with Crippen LogP contribution >= 0.6 is 11.8 Å². The van der Waals surface area contributed by atoms with Crippen molar-refractivity contribution >= 4 is 17.7 Å². The summed E-state index contributed by atoms with van der Waals surface area (Å²) in [5, 5.41) is 4.69. The number of nitrogens with zero attached hydrogens (tertiary/aromatic N) is 5. The van der Waals surface area contributed by atoms with E-state index in [-0.39, 0.29) is 5.91 Å². The minimum atomic E-state index is 0.149. The van der Waals surface area contributed by atoms with Crippen molar-refractivity contribution in [1.29, 1.82) is 0 Å². The summed E-state index contributed by atoms with van der Waals surface area (Å²) in [7, 11) is 2.09. The lowest BCUT2D eigenvalue weighted by Crippen LogP contribution is -2.35. The number of likely N-dealkylation sites (N-methyl/N-ethyl adjacent to an activating group) is 1. The van der Waals surface area contributed by atoms with Crippen LogP contribution in [0.2, 0.25) is 0 Å². The SMILES string of the molecule is Cc1nc(-c2cccnc2SCC(=O)N2CCCN(C)CC2)no1. The fraction of sp³-hybridized carbons (Fsp3) is 0.500. The Bertz CT molecular complexity index is 705. The molecular weight excluding hydrogens is 326 g/mol. The van der Waals surface area contributed by atoms with Crippen LogP contribution in [0.1, 0.15) is 12.3 Å². The van der Waals surface area contributed by atoms with E-state index >= 15 is 0 Å². The van der Waals surface area contributed by atoms with Gasteiger partial charge >= 0.3 is 0 Å². The van der Waals surface area contributed by atoms with Gasteiger partial charge in [-0.25, -0.2) is 4.98 Å². The largest absolute Gasteiger partial charge is 0.341 e. The summed E-state index contributed by atoms with van der Waals surface area (Å²) < 4.78 is 5.04. The van der Waals surface area contributed by atoms with Crippen molar-refractivity contribution in [3.8, 4) is 11.4 Å². The smallest absolute Gasteiger partial charge is 0.233 e. The summed E-state index contributed by atoms with van der Waals surface area (Å²) in [6.07, 6.45) is 2.73. The first-order valence-corrected chi connectivity index (χ1v) is 8.97. The van der Waals surface area contributed by atoms with E-state index in [0.29, 0.717) is 17.5 Å².